The second-order valence-electron chi connectivity index (χ2n) is 7.48. The largest absolute Gasteiger partial charge is 0.369 e. The maximum atomic E-state index is 13.2. The Hall–Kier alpha value is -2.74. The number of hydrogen-bond acceptors (Lipinski definition) is 4. The molecule has 0 atom stereocenters. The number of nitrogens with zero attached hydrogens (tertiary/aromatic N) is 3. The molecule has 1 fully saturated rings. The number of carbonyl (C=O) groups is 2. The molecule has 150 valence electrons. The Morgan fingerprint density at radius 2 is 1.89 bits per heavy atom. The first-order valence-electron chi connectivity index (χ1n) is 9.50. The fraction of sp³-hybridized carbons (Fsp3) is 0.450. The van der Waals surface area contributed by atoms with E-state index in [1.807, 2.05) is 18.7 Å². The lowest BCUT2D eigenvalue weighted by atomic mass is 10.0. The Balaban J connectivity index is 1.72. The summed E-state index contributed by atoms with van der Waals surface area (Å²) >= 11 is 0. The number of piperidine rings is 1. The van der Waals surface area contributed by atoms with Gasteiger partial charge < -0.3 is 11.1 Å². The summed E-state index contributed by atoms with van der Waals surface area (Å²) < 4.78 is 14.9. The lowest BCUT2D eigenvalue weighted by molar-refractivity contribution is -0.119. The van der Waals surface area contributed by atoms with Crippen LogP contribution in [0.5, 0.6) is 0 Å². The molecule has 0 aliphatic carbocycles. The summed E-state index contributed by atoms with van der Waals surface area (Å²) in [5, 5.41) is 7.45. The van der Waals surface area contributed by atoms with Crippen LogP contribution in [0.4, 0.5) is 4.39 Å². The molecule has 28 heavy (non-hydrogen) atoms. The molecule has 0 radical (unpaired) electrons. The van der Waals surface area contributed by atoms with Crippen molar-refractivity contribution in [3.8, 4) is 5.69 Å². The van der Waals surface area contributed by atoms with Gasteiger partial charge in [-0.3, -0.25) is 14.5 Å². The van der Waals surface area contributed by atoms with Gasteiger partial charge in [-0.05, 0) is 43.0 Å². The highest BCUT2D eigenvalue weighted by atomic mass is 19.1. The van der Waals surface area contributed by atoms with E-state index in [-0.39, 0.29) is 36.1 Å². The van der Waals surface area contributed by atoms with Crippen molar-refractivity contribution >= 4 is 11.8 Å². The van der Waals surface area contributed by atoms with Crippen LogP contribution in [0.15, 0.2) is 30.5 Å². The van der Waals surface area contributed by atoms with Gasteiger partial charge in [-0.1, -0.05) is 13.8 Å². The number of nitrogens with two attached hydrogens (primary N) is 1. The van der Waals surface area contributed by atoms with Gasteiger partial charge in [0.1, 0.15) is 5.82 Å². The number of nitrogens with one attached hydrogen (secondary N) is 1. The molecule has 3 rings (SSSR count). The first-order valence-corrected chi connectivity index (χ1v) is 9.50. The molecule has 1 aliphatic heterocycles. The zero-order chi connectivity index (χ0) is 20.3. The van der Waals surface area contributed by atoms with E-state index in [4.69, 9.17) is 5.73 Å². The quantitative estimate of drug-likeness (QED) is 0.791. The van der Waals surface area contributed by atoms with Gasteiger partial charge in [0.15, 0.2) is 0 Å². The van der Waals surface area contributed by atoms with Crippen LogP contribution in [0.2, 0.25) is 0 Å². The maximum absolute atomic E-state index is 13.2. The fourth-order valence-corrected chi connectivity index (χ4v) is 3.60. The number of benzene rings is 1. The molecule has 1 aromatic heterocycles. The van der Waals surface area contributed by atoms with Crippen molar-refractivity contribution in [2.24, 2.45) is 5.73 Å². The van der Waals surface area contributed by atoms with Gasteiger partial charge in [0.2, 0.25) is 5.91 Å². The normalized spacial score (nSPS) is 15.7. The topological polar surface area (TPSA) is 93.2 Å². The third kappa shape index (κ3) is 4.56. The zero-order valence-corrected chi connectivity index (χ0v) is 16.2. The smallest absolute Gasteiger partial charge is 0.255 e. The summed E-state index contributed by atoms with van der Waals surface area (Å²) in [7, 11) is 0. The lowest BCUT2D eigenvalue weighted by Crippen LogP contribution is -2.46. The average molecular weight is 387 g/mol. The average Bonchev–Trinajstić information content (AvgIpc) is 3.09. The summed E-state index contributed by atoms with van der Waals surface area (Å²) in [5.74, 6) is -0.754. The van der Waals surface area contributed by atoms with Crippen LogP contribution in [0.25, 0.3) is 5.69 Å². The van der Waals surface area contributed by atoms with Crippen LogP contribution >= 0.6 is 0 Å². The van der Waals surface area contributed by atoms with Crippen molar-refractivity contribution in [2.75, 3.05) is 19.6 Å². The van der Waals surface area contributed by atoms with Crippen molar-refractivity contribution in [1.29, 1.82) is 0 Å². The maximum Gasteiger partial charge on any atom is 0.255 e. The molecule has 2 amide bonds. The molecule has 3 N–H and O–H groups in total. The first-order chi connectivity index (χ1) is 13.3. The van der Waals surface area contributed by atoms with Crippen LogP contribution < -0.4 is 11.1 Å². The fourth-order valence-electron chi connectivity index (χ4n) is 3.60. The highest BCUT2D eigenvalue weighted by Gasteiger charge is 2.25. The third-order valence-electron chi connectivity index (χ3n) is 4.97. The van der Waals surface area contributed by atoms with Gasteiger partial charge >= 0.3 is 0 Å². The molecule has 1 aliphatic rings. The molecule has 0 unspecified atom stereocenters. The second-order valence-corrected chi connectivity index (χ2v) is 7.48. The first kappa shape index (κ1) is 20.0. The van der Waals surface area contributed by atoms with Crippen molar-refractivity contribution in [2.45, 2.75) is 38.6 Å². The minimum absolute atomic E-state index is 0.0470. The Bertz CT molecular complexity index is 839. The number of hydrogen-bond donors (Lipinski definition) is 2. The number of likely N-dealkylation sites (tertiary alicyclic amines) is 1. The van der Waals surface area contributed by atoms with Gasteiger partial charge in [-0.25, -0.2) is 9.07 Å². The van der Waals surface area contributed by atoms with E-state index in [0.717, 1.165) is 31.6 Å². The zero-order valence-electron chi connectivity index (χ0n) is 16.2. The van der Waals surface area contributed by atoms with E-state index in [1.54, 1.807) is 23.0 Å². The second kappa shape index (κ2) is 8.52. The predicted molar refractivity (Wildman–Crippen MR) is 104 cm³/mol. The standard InChI is InChI=1S/C20H26FN5O2/c1-13(2)19-17(11-23-26(19)16-5-3-14(21)4-6-16)20(28)24-15-7-9-25(10-8-15)12-18(22)27/h3-6,11,13,15H,7-10,12H2,1-2H3,(H2,22,27)(H,24,28). The minimum atomic E-state index is -0.336. The lowest BCUT2D eigenvalue weighted by Gasteiger charge is -2.31. The number of amides is 2. The summed E-state index contributed by atoms with van der Waals surface area (Å²) in [4.78, 5) is 25.9. The van der Waals surface area contributed by atoms with Crippen LogP contribution in [0, 0.1) is 5.82 Å². The van der Waals surface area contributed by atoms with E-state index in [0.29, 0.717) is 11.3 Å². The molecule has 1 aromatic carbocycles. The molecule has 0 saturated carbocycles. The van der Waals surface area contributed by atoms with Gasteiger partial charge in [0, 0.05) is 19.1 Å². The molecular formula is C20H26FN5O2. The highest BCUT2D eigenvalue weighted by Crippen LogP contribution is 2.24. The Morgan fingerprint density at radius 3 is 2.46 bits per heavy atom. The summed E-state index contributed by atoms with van der Waals surface area (Å²) in [6.07, 6.45) is 3.10. The van der Waals surface area contributed by atoms with Crippen molar-refractivity contribution in [3.63, 3.8) is 0 Å². The molecular weight excluding hydrogens is 361 g/mol. The van der Waals surface area contributed by atoms with Crippen LogP contribution in [0.1, 0.15) is 48.7 Å². The van der Waals surface area contributed by atoms with Crippen LogP contribution in [-0.4, -0.2) is 52.2 Å². The van der Waals surface area contributed by atoms with Gasteiger partial charge in [-0.15, -0.1) is 0 Å². The number of carbonyl (C=O) groups excluding carboxylic acids is 2. The molecule has 0 spiro atoms. The Labute approximate surface area is 163 Å². The van der Waals surface area contributed by atoms with E-state index in [2.05, 4.69) is 10.4 Å². The monoisotopic (exact) mass is 387 g/mol. The number of rotatable bonds is 6. The molecule has 1 saturated heterocycles. The van der Waals surface area contributed by atoms with Gasteiger partial charge in [0.25, 0.3) is 5.91 Å². The van der Waals surface area contributed by atoms with E-state index >= 15 is 0 Å². The molecule has 0 bridgehead atoms. The van der Waals surface area contributed by atoms with Crippen molar-refractivity contribution < 1.29 is 14.0 Å². The third-order valence-corrected chi connectivity index (χ3v) is 4.97. The SMILES string of the molecule is CC(C)c1c(C(=O)NC2CCN(CC(N)=O)CC2)cnn1-c1ccc(F)cc1. The number of primary amides is 1. The minimum Gasteiger partial charge on any atom is -0.369 e. The molecule has 2 aromatic rings. The number of aromatic nitrogens is 2. The Morgan fingerprint density at radius 1 is 1.25 bits per heavy atom. The van der Waals surface area contributed by atoms with Gasteiger partial charge in [-0.2, -0.15) is 5.10 Å². The molecule has 8 heteroatoms. The predicted octanol–water partition coefficient (Wildman–Crippen LogP) is 1.81. The van der Waals surface area contributed by atoms with E-state index in [1.165, 1.54) is 12.1 Å². The van der Waals surface area contributed by atoms with Gasteiger partial charge in [0.05, 0.1) is 29.7 Å². The molecule has 7 nitrogen and oxygen atoms in total. The molecule has 2 heterocycles. The summed E-state index contributed by atoms with van der Waals surface area (Å²) in [6.45, 7) is 5.69. The van der Waals surface area contributed by atoms with Crippen LogP contribution in [-0.2, 0) is 4.79 Å². The van der Waals surface area contributed by atoms with Crippen molar-refractivity contribution in [1.82, 2.24) is 20.0 Å². The Kier molecular flexibility index (Phi) is 6.08. The van der Waals surface area contributed by atoms with Crippen LogP contribution in [0.3, 0.4) is 0 Å². The van der Waals surface area contributed by atoms with E-state index < -0.39 is 0 Å². The van der Waals surface area contributed by atoms with Crippen molar-refractivity contribution in [3.05, 3.63) is 47.5 Å². The summed E-state index contributed by atoms with van der Waals surface area (Å²) in [6, 6.07) is 6.08. The highest BCUT2D eigenvalue weighted by molar-refractivity contribution is 5.95. The number of halogens is 1. The van der Waals surface area contributed by atoms with E-state index in [9.17, 15) is 14.0 Å². The summed E-state index contributed by atoms with van der Waals surface area (Å²) in [5.41, 5.74) is 7.26.